The molecule has 0 saturated heterocycles. The molecule has 138 valence electrons. The Balaban J connectivity index is 1.84. The van der Waals surface area contributed by atoms with E-state index in [9.17, 15) is 10.1 Å². The van der Waals surface area contributed by atoms with Gasteiger partial charge in [-0.3, -0.25) is 4.79 Å². The summed E-state index contributed by atoms with van der Waals surface area (Å²) in [6.45, 7) is 4.46. The van der Waals surface area contributed by atoms with Gasteiger partial charge in [-0.1, -0.05) is 19.3 Å². The minimum absolute atomic E-state index is 0.0996. The number of fused-ring (bicyclic) bond motifs is 1. The smallest absolute Gasteiger partial charge is 0.262 e. The molecule has 0 aromatic heterocycles. The van der Waals surface area contributed by atoms with Crippen LogP contribution in [0.4, 0.5) is 0 Å². The molecule has 1 saturated carbocycles. The molecular formula is C21H26N2O3. The molecule has 1 aromatic carbocycles. The highest BCUT2D eigenvalue weighted by Crippen LogP contribution is 2.36. The fourth-order valence-electron chi connectivity index (χ4n) is 3.66. The summed E-state index contributed by atoms with van der Waals surface area (Å²) in [6.07, 6.45) is 8.03. The molecule has 1 fully saturated rings. The maximum atomic E-state index is 12.5. The highest BCUT2D eigenvalue weighted by molar-refractivity contribution is 6.02. The molecule has 0 spiro atoms. The van der Waals surface area contributed by atoms with Crippen molar-refractivity contribution in [3.8, 4) is 17.6 Å². The minimum atomic E-state index is -0.309. The van der Waals surface area contributed by atoms with Crippen LogP contribution in [0.2, 0.25) is 0 Å². The van der Waals surface area contributed by atoms with Crippen molar-refractivity contribution >= 4 is 12.0 Å². The number of rotatable bonds is 5. The number of amides is 1. The molecule has 1 aliphatic carbocycles. The van der Waals surface area contributed by atoms with Gasteiger partial charge in [-0.05, 0) is 44.9 Å². The molecule has 1 aliphatic heterocycles. The van der Waals surface area contributed by atoms with Gasteiger partial charge in [0.05, 0.1) is 6.61 Å². The van der Waals surface area contributed by atoms with E-state index in [1.165, 1.54) is 6.42 Å². The monoisotopic (exact) mass is 354 g/mol. The van der Waals surface area contributed by atoms with Crippen LogP contribution in [0.1, 0.15) is 57.1 Å². The first-order valence-corrected chi connectivity index (χ1v) is 9.49. The molecule has 1 aromatic rings. The number of hydrogen-bond acceptors (Lipinski definition) is 4. The Bertz CT molecular complexity index is 742. The van der Waals surface area contributed by atoms with Crippen molar-refractivity contribution < 1.29 is 14.3 Å². The third-order valence-corrected chi connectivity index (χ3v) is 4.93. The number of nitriles is 1. The van der Waals surface area contributed by atoms with Crippen molar-refractivity contribution in [3.63, 3.8) is 0 Å². The van der Waals surface area contributed by atoms with E-state index < -0.39 is 0 Å². The molecule has 1 amide bonds. The molecule has 26 heavy (non-hydrogen) atoms. The van der Waals surface area contributed by atoms with E-state index in [0.717, 1.165) is 43.4 Å². The van der Waals surface area contributed by atoms with E-state index >= 15 is 0 Å². The summed E-state index contributed by atoms with van der Waals surface area (Å²) in [4.78, 5) is 12.5. The zero-order valence-corrected chi connectivity index (χ0v) is 15.5. The van der Waals surface area contributed by atoms with Gasteiger partial charge < -0.3 is 14.8 Å². The third kappa shape index (κ3) is 4.19. The van der Waals surface area contributed by atoms with Crippen LogP contribution in [0.3, 0.4) is 0 Å². The average molecular weight is 354 g/mol. The Morgan fingerprint density at radius 3 is 2.85 bits per heavy atom. The first-order valence-electron chi connectivity index (χ1n) is 9.49. The zero-order valence-electron chi connectivity index (χ0n) is 15.5. The largest absolute Gasteiger partial charge is 0.493 e. The lowest BCUT2D eigenvalue weighted by Crippen LogP contribution is -2.36. The molecule has 0 unspecified atom stereocenters. The number of nitrogens with zero attached hydrogens (tertiary/aromatic N) is 1. The minimum Gasteiger partial charge on any atom is -0.493 e. The number of hydrogen-bond donors (Lipinski definition) is 1. The quantitative estimate of drug-likeness (QED) is 0.645. The van der Waals surface area contributed by atoms with Crippen LogP contribution in [0.15, 0.2) is 17.7 Å². The van der Waals surface area contributed by atoms with Gasteiger partial charge in [0.25, 0.3) is 5.91 Å². The molecule has 3 rings (SSSR count). The number of benzene rings is 1. The first kappa shape index (κ1) is 18.3. The maximum Gasteiger partial charge on any atom is 0.262 e. The fourth-order valence-corrected chi connectivity index (χ4v) is 3.66. The van der Waals surface area contributed by atoms with Gasteiger partial charge in [-0.25, -0.2) is 0 Å². The molecule has 0 bridgehead atoms. The van der Waals surface area contributed by atoms with E-state index in [1.54, 1.807) is 6.08 Å². The van der Waals surface area contributed by atoms with Gasteiger partial charge in [0, 0.05) is 23.6 Å². The van der Waals surface area contributed by atoms with E-state index in [1.807, 2.05) is 32.0 Å². The summed E-state index contributed by atoms with van der Waals surface area (Å²) >= 11 is 0. The van der Waals surface area contributed by atoms with E-state index in [4.69, 9.17) is 9.47 Å². The van der Waals surface area contributed by atoms with Crippen LogP contribution in [0, 0.1) is 11.3 Å². The number of nitrogens with one attached hydrogen (secondary N) is 1. The van der Waals surface area contributed by atoms with Crippen LogP contribution >= 0.6 is 0 Å². The van der Waals surface area contributed by atoms with Crippen LogP contribution in [0.25, 0.3) is 6.08 Å². The molecule has 5 heteroatoms. The Morgan fingerprint density at radius 2 is 2.15 bits per heavy atom. The molecule has 1 heterocycles. The Kier molecular flexibility index (Phi) is 5.82. The molecular weight excluding hydrogens is 328 g/mol. The standard InChI is InChI=1S/C21H26N2O3/c1-3-25-19-11-15-9-14(2)26-20(15)12-16(19)10-17(13-22)21(24)23-18-7-5-4-6-8-18/h10-12,14,18H,3-9H2,1-2H3,(H,23,24)/b17-10+/t14-/m0/s1. The van der Waals surface area contributed by atoms with Crippen molar-refractivity contribution in [1.82, 2.24) is 5.32 Å². The number of carbonyl (C=O) groups excluding carboxylic acids is 1. The first-order chi connectivity index (χ1) is 12.6. The van der Waals surface area contributed by atoms with E-state index in [-0.39, 0.29) is 23.6 Å². The van der Waals surface area contributed by atoms with E-state index in [2.05, 4.69) is 5.32 Å². The lowest BCUT2D eigenvalue weighted by molar-refractivity contribution is -0.117. The topological polar surface area (TPSA) is 71.3 Å². The predicted octanol–water partition coefficient (Wildman–Crippen LogP) is 3.76. The number of ether oxygens (including phenoxy) is 2. The Morgan fingerprint density at radius 1 is 1.38 bits per heavy atom. The highest BCUT2D eigenvalue weighted by Gasteiger charge is 2.23. The third-order valence-electron chi connectivity index (χ3n) is 4.93. The summed E-state index contributed by atoms with van der Waals surface area (Å²) < 4.78 is 11.5. The van der Waals surface area contributed by atoms with Crippen molar-refractivity contribution in [2.24, 2.45) is 0 Å². The van der Waals surface area contributed by atoms with Gasteiger partial charge >= 0.3 is 0 Å². The highest BCUT2D eigenvalue weighted by atomic mass is 16.5. The second kappa shape index (κ2) is 8.27. The van der Waals surface area contributed by atoms with Crippen LogP contribution in [-0.4, -0.2) is 24.7 Å². The second-order valence-corrected chi connectivity index (χ2v) is 7.04. The van der Waals surface area contributed by atoms with Crippen LogP contribution in [-0.2, 0) is 11.2 Å². The van der Waals surface area contributed by atoms with Crippen molar-refractivity contribution in [1.29, 1.82) is 5.26 Å². The molecule has 5 nitrogen and oxygen atoms in total. The van der Waals surface area contributed by atoms with E-state index in [0.29, 0.717) is 17.9 Å². The second-order valence-electron chi connectivity index (χ2n) is 7.04. The summed E-state index contributed by atoms with van der Waals surface area (Å²) in [6, 6.07) is 6.04. The van der Waals surface area contributed by atoms with Gasteiger partial charge in [-0.2, -0.15) is 5.26 Å². The van der Waals surface area contributed by atoms with Gasteiger partial charge in [0.15, 0.2) is 0 Å². The summed E-state index contributed by atoms with van der Waals surface area (Å²) in [5.41, 5.74) is 1.90. The average Bonchev–Trinajstić information content (AvgIpc) is 2.99. The van der Waals surface area contributed by atoms with Gasteiger partial charge in [0.1, 0.15) is 29.2 Å². The van der Waals surface area contributed by atoms with Crippen molar-refractivity contribution in [2.45, 2.75) is 64.5 Å². The molecule has 1 atom stereocenters. The van der Waals surface area contributed by atoms with Crippen molar-refractivity contribution in [2.75, 3.05) is 6.61 Å². The summed E-state index contributed by atoms with van der Waals surface area (Å²) in [7, 11) is 0. The normalized spacial score (nSPS) is 20.0. The van der Waals surface area contributed by atoms with Gasteiger partial charge in [-0.15, -0.1) is 0 Å². The Hall–Kier alpha value is -2.48. The SMILES string of the molecule is CCOc1cc2c(cc1/C=C(\C#N)C(=O)NC1CCCCC1)O[C@@H](C)C2. The summed E-state index contributed by atoms with van der Waals surface area (Å²) in [5.74, 6) is 1.18. The zero-order chi connectivity index (χ0) is 18.5. The molecule has 1 N–H and O–H groups in total. The van der Waals surface area contributed by atoms with Crippen LogP contribution in [0.5, 0.6) is 11.5 Å². The lowest BCUT2D eigenvalue weighted by atomic mass is 9.95. The fraction of sp³-hybridized carbons (Fsp3) is 0.524. The number of carbonyl (C=O) groups is 1. The van der Waals surface area contributed by atoms with Crippen LogP contribution < -0.4 is 14.8 Å². The van der Waals surface area contributed by atoms with Gasteiger partial charge in [0.2, 0.25) is 0 Å². The molecule has 2 aliphatic rings. The predicted molar refractivity (Wildman–Crippen MR) is 100 cm³/mol. The lowest BCUT2D eigenvalue weighted by Gasteiger charge is -2.22. The Labute approximate surface area is 155 Å². The van der Waals surface area contributed by atoms with Crippen molar-refractivity contribution in [3.05, 3.63) is 28.8 Å². The summed E-state index contributed by atoms with van der Waals surface area (Å²) in [5, 5.41) is 12.5. The molecule has 0 radical (unpaired) electrons. The maximum absolute atomic E-state index is 12.5.